The molecule has 1 fully saturated rings. The molecule has 0 radical (unpaired) electrons. The van der Waals surface area contributed by atoms with Gasteiger partial charge in [0.1, 0.15) is 23.5 Å². The van der Waals surface area contributed by atoms with E-state index in [1.165, 1.54) is 6.33 Å². The van der Waals surface area contributed by atoms with Gasteiger partial charge in [-0.1, -0.05) is 18.2 Å². The van der Waals surface area contributed by atoms with Crippen molar-refractivity contribution in [3.8, 4) is 0 Å². The van der Waals surface area contributed by atoms with Crippen molar-refractivity contribution in [1.82, 2.24) is 19.9 Å². The molecule has 4 aromatic rings. The lowest BCUT2D eigenvalue weighted by atomic mass is 9.94. The van der Waals surface area contributed by atoms with Crippen LogP contribution in [0.5, 0.6) is 0 Å². The summed E-state index contributed by atoms with van der Waals surface area (Å²) in [6.45, 7) is 6.59. The second kappa shape index (κ2) is 9.70. The molecular formula is C27H29FN8O. The third-order valence-electron chi connectivity index (χ3n) is 6.40. The van der Waals surface area contributed by atoms with E-state index in [0.717, 1.165) is 16.8 Å². The number of aromatic nitrogens is 4. The first-order valence-corrected chi connectivity index (χ1v) is 12.1. The van der Waals surface area contributed by atoms with Crippen molar-refractivity contribution in [1.29, 1.82) is 0 Å². The van der Waals surface area contributed by atoms with Gasteiger partial charge >= 0.3 is 0 Å². The standard InChI is InChI=1S/C27H29FN8O/c1-16-7-8-20(33-25(37)17-5-4-6-18(11-17)27(2,3)29)12-21(16)34-24-23-22(31-15-32-24)13-30-26(35-23)36-10-9-19(28)14-36/h4-8,11-13,15,19H,9-10,14,29H2,1-3H3,(H,33,37)(H,31,32,34)/t19-/m0/s1. The predicted molar refractivity (Wildman–Crippen MR) is 143 cm³/mol. The van der Waals surface area contributed by atoms with Gasteiger partial charge in [0.15, 0.2) is 5.82 Å². The van der Waals surface area contributed by atoms with Gasteiger partial charge in [0.2, 0.25) is 5.95 Å². The van der Waals surface area contributed by atoms with Crippen molar-refractivity contribution >= 4 is 40.1 Å². The fourth-order valence-corrected chi connectivity index (χ4v) is 4.21. The molecule has 2 aromatic heterocycles. The molecule has 0 aliphatic carbocycles. The van der Waals surface area contributed by atoms with Crippen LogP contribution in [0, 0.1) is 6.92 Å². The molecule has 1 aliphatic rings. The third-order valence-corrected chi connectivity index (χ3v) is 6.40. The lowest BCUT2D eigenvalue weighted by molar-refractivity contribution is 0.102. The van der Waals surface area contributed by atoms with Crippen LogP contribution in [0.25, 0.3) is 11.0 Å². The fourth-order valence-electron chi connectivity index (χ4n) is 4.21. The van der Waals surface area contributed by atoms with Crippen molar-refractivity contribution in [3.05, 3.63) is 71.7 Å². The Morgan fingerprint density at radius 3 is 2.76 bits per heavy atom. The zero-order valence-corrected chi connectivity index (χ0v) is 21.0. The molecule has 2 aromatic carbocycles. The van der Waals surface area contributed by atoms with E-state index in [1.54, 1.807) is 18.3 Å². The Bertz CT molecular complexity index is 1470. The number of nitrogens with one attached hydrogen (secondary N) is 2. The van der Waals surface area contributed by atoms with Gasteiger partial charge in [-0.25, -0.2) is 24.3 Å². The average molecular weight is 501 g/mol. The van der Waals surface area contributed by atoms with Crippen molar-refractivity contribution in [2.24, 2.45) is 5.73 Å². The lowest BCUT2D eigenvalue weighted by Crippen LogP contribution is -2.29. The van der Waals surface area contributed by atoms with Gasteiger partial charge in [-0.3, -0.25) is 4.79 Å². The summed E-state index contributed by atoms with van der Waals surface area (Å²) in [6, 6.07) is 12.9. The van der Waals surface area contributed by atoms with Crippen LogP contribution in [-0.2, 0) is 5.54 Å². The Kier molecular flexibility index (Phi) is 6.43. The minimum absolute atomic E-state index is 0.234. The quantitative estimate of drug-likeness (QED) is 0.355. The van der Waals surface area contributed by atoms with Gasteiger partial charge < -0.3 is 21.3 Å². The Morgan fingerprint density at radius 2 is 2.00 bits per heavy atom. The van der Waals surface area contributed by atoms with Crippen LogP contribution >= 0.6 is 0 Å². The second-order valence-corrected chi connectivity index (χ2v) is 9.87. The predicted octanol–water partition coefficient (Wildman–Crippen LogP) is 4.47. The first kappa shape index (κ1) is 24.5. The molecule has 0 bridgehead atoms. The Morgan fingerprint density at radius 1 is 1.16 bits per heavy atom. The molecule has 3 heterocycles. The highest BCUT2D eigenvalue weighted by Gasteiger charge is 2.24. The van der Waals surface area contributed by atoms with E-state index in [-0.39, 0.29) is 12.5 Å². The molecule has 0 spiro atoms. The largest absolute Gasteiger partial charge is 0.338 e. The van der Waals surface area contributed by atoms with Crippen LogP contribution in [0.1, 0.15) is 41.8 Å². The number of benzene rings is 2. The molecule has 4 N–H and O–H groups in total. The molecule has 37 heavy (non-hydrogen) atoms. The molecule has 1 aliphatic heterocycles. The number of carbonyl (C=O) groups excluding carboxylic acids is 1. The Hall–Kier alpha value is -4.18. The van der Waals surface area contributed by atoms with E-state index in [0.29, 0.717) is 47.0 Å². The number of halogens is 1. The van der Waals surface area contributed by atoms with Crippen LogP contribution < -0.4 is 21.3 Å². The number of hydrogen-bond acceptors (Lipinski definition) is 8. The van der Waals surface area contributed by atoms with Crippen molar-refractivity contribution < 1.29 is 9.18 Å². The summed E-state index contributed by atoms with van der Waals surface area (Å²) >= 11 is 0. The van der Waals surface area contributed by atoms with Gasteiger partial charge in [0, 0.05) is 29.0 Å². The van der Waals surface area contributed by atoms with Gasteiger partial charge in [0.25, 0.3) is 5.91 Å². The number of nitrogens with two attached hydrogens (primary N) is 1. The molecule has 1 amide bonds. The van der Waals surface area contributed by atoms with Crippen molar-refractivity contribution in [2.75, 3.05) is 28.6 Å². The molecule has 0 unspecified atom stereocenters. The third kappa shape index (κ3) is 5.34. The van der Waals surface area contributed by atoms with Crippen LogP contribution in [0.2, 0.25) is 0 Å². The van der Waals surface area contributed by atoms with E-state index in [9.17, 15) is 9.18 Å². The molecule has 1 saturated heterocycles. The van der Waals surface area contributed by atoms with E-state index in [2.05, 4.69) is 30.6 Å². The summed E-state index contributed by atoms with van der Waals surface area (Å²) in [5, 5.41) is 6.28. The molecule has 0 saturated carbocycles. The number of amides is 1. The molecule has 1 atom stereocenters. The van der Waals surface area contributed by atoms with Crippen LogP contribution in [0.3, 0.4) is 0 Å². The maximum absolute atomic E-state index is 13.7. The minimum atomic E-state index is -0.881. The molecule has 9 nitrogen and oxygen atoms in total. The topological polar surface area (TPSA) is 122 Å². The summed E-state index contributed by atoms with van der Waals surface area (Å²) in [5.74, 6) is 0.711. The van der Waals surface area contributed by atoms with Gasteiger partial charge in [0.05, 0.1) is 12.7 Å². The number of rotatable bonds is 6. The molecule has 10 heteroatoms. The highest BCUT2D eigenvalue weighted by atomic mass is 19.1. The first-order valence-electron chi connectivity index (χ1n) is 12.1. The van der Waals surface area contributed by atoms with Crippen LogP contribution in [0.15, 0.2) is 55.0 Å². The zero-order chi connectivity index (χ0) is 26.2. The summed E-state index contributed by atoms with van der Waals surface area (Å²) in [5.41, 5.74) is 10.5. The molecular weight excluding hydrogens is 471 g/mol. The molecule has 190 valence electrons. The summed E-state index contributed by atoms with van der Waals surface area (Å²) in [4.78, 5) is 32.4. The Labute approximate surface area is 214 Å². The molecule has 5 rings (SSSR count). The Balaban J connectivity index is 1.40. The normalized spacial score (nSPS) is 15.7. The number of fused-ring (bicyclic) bond motifs is 1. The van der Waals surface area contributed by atoms with Crippen molar-refractivity contribution in [3.63, 3.8) is 0 Å². The first-order chi connectivity index (χ1) is 17.7. The maximum Gasteiger partial charge on any atom is 0.255 e. The number of carbonyl (C=O) groups is 1. The van der Waals surface area contributed by atoms with Crippen LogP contribution in [-0.4, -0.2) is 45.1 Å². The average Bonchev–Trinajstić information content (AvgIpc) is 3.32. The van der Waals surface area contributed by atoms with Gasteiger partial charge in [-0.2, -0.15) is 0 Å². The second-order valence-electron chi connectivity index (χ2n) is 9.87. The summed E-state index contributed by atoms with van der Waals surface area (Å²) in [6.07, 6.45) is 2.64. The van der Waals surface area contributed by atoms with E-state index >= 15 is 0 Å². The van der Waals surface area contributed by atoms with Crippen LogP contribution in [0.4, 0.5) is 27.5 Å². The number of anilines is 4. The van der Waals surface area contributed by atoms with Crippen molar-refractivity contribution in [2.45, 2.75) is 38.9 Å². The SMILES string of the molecule is Cc1ccc(NC(=O)c2cccc(C(C)(C)N)c2)cc1Nc1ncnc2cnc(N3CC[C@H](F)C3)nc12. The monoisotopic (exact) mass is 500 g/mol. The summed E-state index contributed by atoms with van der Waals surface area (Å²) < 4.78 is 13.7. The maximum atomic E-state index is 13.7. The number of alkyl halides is 1. The highest BCUT2D eigenvalue weighted by molar-refractivity contribution is 6.04. The fraction of sp³-hybridized carbons (Fsp3) is 0.296. The summed E-state index contributed by atoms with van der Waals surface area (Å²) in [7, 11) is 0. The minimum Gasteiger partial charge on any atom is -0.338 e. The number of nitrogens with zero attached hydrogens (tertiary/aromatic N) is 5. The van der Waals surface area contributed by atoms with Gasteiger partial charge in [-0.05, 0) is 62.6 Å². The number of aryl methyl sites for hydroxylation is 1. The van der Waals surface area contributed by atoms with E-state index in [4.69, 9.17) is 5.73 Å². The van der Waals surface area contributed by atoms with Gasteiger partial charge in [-0.15, -0.1) is 0 Å². The highest BCUT2D eigenvalue weighted by Crippen LogP contribution is 2.28. The van der Waals surface area contributed by atoms with E-state index < -0.39 is 11.7 Å². The smallest absolute Gasteiger partial charge is 0.255 e. The number of hydrogen-bond donors (Lipinski definition) is 3. The van der Waals surface area contributed by atoms with E-state index in [1.807, 2.05) is 56.0 Å². The lowest BCUT2D eigenvalue weighted by Gasteiger charge is -2.19. The zero-order valence-electron chi connectivity index (χ0n) is 21.0.